The summed E-state index contributed by atoms with van der Waals surface area (Å²) in [5.41, 5.74) is -3.20. The highest BCUT2D eigenvalue weighted by molar-refractivity contribution is 6.04. The first-order chi connectivity index (χ1) is 17.3. The first kappa shape index (κ1) is 22.9. The standard InChI is InChI=1S/C31H41NO4/c1-26(2)10-12-31(25(35)36)13-11-30(7)23(19(31)16-26)20(33)14-22-28(5)15-18(17-32)24(34)27(3,4)21(28)8-9-29(22,30)6/h14-15,19,21,23H,8-13,16H2,1-7H3,(H,35,36)/t19-,21-,23-,28-,29+,30+,31-/m0/s1/i10D2. The van der Waals surface area contributed by atoms with E-state index in [-0.39, 0.29) is 29.5 Å². The minimum absolute atomic E-state index is 0.0468. The Morgan fingerprint density at radius 3 is 2.36 bits per heavy atom. The molecule has 0 aliphatic heterocycles. The summed E-state index contributed by atoms with van der Waals surface area (Å²) in [6.07, 6.45) is 4.60. The van der Waals surface area contributed by atoms with Crippen molar-refractivity contribution in [2.24, 2.45) is 50.2 Å². The molecule has 0 aromatic heterocycles. The number of nitrogens with zero attached hydrogens (tertiary/aromatic N) is 1. The largest absolute Gasteiger partial charge is 0.481 e. The molecule has 194 valence electrons. The highest BCUT2D eigenvalue weighted by Crippen LogP contribution is 2.74. The van der Waals surface area contributed by atoms with E-state index in [1.54, 1.807) is 6.08 Å². The fraction of sp³-hybridized carbons (Fsp3) is 0.742. The highest BCUT2D eigenvalue weighted by Gasteiger charge is 2.70. The molecule has 0 bridgehead atoms. The number of hydrogen-bond donors (Lipinski definition) is 1. The van der Waals surface area contributed by atoms with E-state index >= 15 is 0 Å². The lowest BCUT2D eigenvalue weighted by molar-refractivity contribution is -0.188. The van der Waals surface area contributed by atoms with Crippen molar-refractivity contribution in [2.45, 2.75) is 93.4 Å². The summed E-state index contributed by atoms with van der Waals surface area (Å²) in [6.45, 7) is 14.0. The van der Waals surface area contributed by atoms with Gasteiger partial charge in [0.2, 0.25) is 0 Å². The third-order valence-electron chi connectivity index (χ3n) is 11.9. The molecule has 3 saturated carbocycles. The maximum absolute atomic E-state index is 14.3. The van der Waals surface area contributed by atoms with Gasteiger partial charge in [-0.25, -0.2) is 0 Å². The van der Waals surface area contributed by atoms with Crippen molar-refractivity contribution < 1.29 is 22.2 Å². The Hall–Kier alpha value is -2.22. The normalized spacial score (nSPS) is 48.9. The molecule has 3 fully saturated rings. The fourth-order valence-corrected chi connectivity index (χ4v) is 9.64. The van der Waals surface area contributed by atoms with Crippen molar-refractivity contribution >= 4 is 17.5 Å². The maximum atomic E-state index is 14.3. The molecule has 36 heavy (non-hydrogen) atoms. The molecular formula is C31H41NO4. The van der Waals surface area contributed by atoms with Gasteiger partial charge in [0.1, 0.15) is 6.07 Å². The van der Waals surface area contributed by atoms with Crippen LogP contribution in [-0.2, 0) is 14.4 Å². The van der Waals surface area contributed by atoms with Gasteiger partial charge in [0.05, 0.1) is 11.0 Å². The first-order valence-electron chi connectivity index (χ1n) is 14.4. The topological polar surface area (TPSA) is 95.2 Å². The van der Waals surface area contributed by atoms with Crippen LogP contribution in [0, 0.1) is 61.6 Å². The van der Waals surface area contributed by atoms with Crippen molar-refractivity contribution in [1.82, 2.24) is 0 Å². The SMILES string of the molecule is [2H]C1([2H])C[C@]2(C(=O)O)CC[C@]3(C)[C@H](C(=O)C=C4[C@@]5(C)C=C(C#N)C(=O)C(C)(C)[C@@H]5CC[C@]43C)[C@@H]2CC1(C)C. The summed E-state index contributed by atoms with van der Waals surface area (Å²) in [5, 5.41) is 20.4. The number of carbonyl (C=O) groups is 3. The summed E-state index contributed by atoms with van der Waals surface area (Å²) >= 11 is 0. The number of rotatable bonds is 1. The van der Waals surface area contributed by atoms with E-state index in [2.05, 4.69) is 26.8 Å². The van der Waals surface area contributed by atoms with Crippen molar-refractivity contribution in [3.05, 3.63) is 23.3 Å². The zero-order chi connectivity index (χ0) is 28.5. The van der Waals surface area contributed by atoms with Crippen molar-refractivity contribution in [3.8, 4) is 6.07 Å². The van der Waals surface area contributed by atoms with Crippen LogP contribution in [0.2, 0.25) is 0 Å². The molecule has 0 spiro atoms. The number of ketones is 2. The molecule has 5 heteroatoms. The Labute approximate surface area is 218 Å². The number of fused-ring (bicyclic) bond motifs is 7. The van der Waals surface area contributed by atoms with Crippen molar-refractivity contribution in [1.29, 1.82) is 5.26 Å². The van der Waals surface area contributed by atoms with Gasteiger partial charge in [0.15, 0.2) is 11.6 Å². The van der Waals surface area contributed by atoms with Gasteiger partial charge >= 0.3 is 5.97 Å². The molecule has 0 radical (unpaired) electrons. The van der Waals surface area contributed by atoms with Crippen LogP contribution < -0.4 is 0 Å². The van der Waals surface area contributed by atoms with Crippen LogP contribution >= 0.6 is 0 Å². The monoisotopic (exact) mass is 493 g/mol. The smallest absolute Gasteiger partial charge is 0.309 e. The minimum atomic E-state index is -1.65. The Balaban J connectivity index is 1.71. The van der Waals surface area contributed by atoms with Crippen LogP contribution in [0.4, 0.5) is 0 Å². The Morgan fingerprint density at radius 2 is 1.75 bits per heavy atom. The summed E-state index contributed by atoms with van der Waals surface area (Å²) in [5.74, 6) is -2.22. The number of aliphatic carboxylic acids is 1. The molecule has 5 nitrogen and oxygen atoms in total. The van der Waals surface area contributed by atoms with Gasteiger partial charge in [-0.1, -0.05) is 60.1 Å². The first-order valence-corrected chi connectivity index (χ1v) is 13.4. The Kier molecular flexibility index (Phi) is 4.59. The molecule has 0 amide bonds. The van der Waals surface area contributed by atoms with Gasteiger partial charge < -0.3 is 5.11 Å². The molecule has 5 aliphatic rings. The number of Topliss-reactive ketones (excluding diaryl/α,β-unsaturated/α-hetero) is 1. The summed E-state index contributed by atoms with van der Waals surface area (Å²) < 4.78 is 17.5. The lowest BCUT2D eigenvalue weighted by atomic mass is 9.34. The molecule has 5 rings (SSSR count). The van der Waals surface area contributed by atoms with Gasteiger partial charge in [0.25, 0.3) is 0 Å². The van der Waals surface area contributed by atoms with Crippen LogP contribution in [0.1, 0.15) is 96.1 Å². The van der Waals surface area contributed by atoms with E-state index in [4.69, 9.17) is 2.74 Å². The summed E-state index contributed by atoms with van der Waals surface area (Å²) in [6, 6.07) is 2.12. The summed E-state index contributed by atoms with van der Waals surface area (Å²) in [7, 11) is 0. The molecule has 0 aromatic carbocycles. The van der Waals surface area contributed by atoms with Crippen LogP contribution in [-0.4, -0.2) is 22.6 Å². The van der Waals surface area contributed by atoms with E-state index in [1.807, 2.05) is 33.8 Å². The zero-order valence-electron chi connectivity index (χ0n) is 24.7. The second-order valence-electron chi connectivity index (χ2n) is 14.3. The molecule has 0 unspecified atom stereocenters. The molecular weight excluding hydrogens is 450 g/mol. The third-order valence-corrected chi connectivity index (χ3v) is 11.9. The van der Waals surface area contributed by atoms with E-state index < -0.39 is 56.7 Å². The predicted octanol–water partition coefficient (Wildman–Crippen LogP) is 6.29. The molecule has 0 aromatic rings. The number of allylic oxidation sites excluding steroid dienone is 4. The number of carbonyl (C=O) groups excluding carboxylic acids is 2. The number of nitriles is 1. The molecule has 1 N–H and O–H groups in total. The fourth-order valence-electron chi connectivity index (χ4n) is 9.64. The van der Waals surface area contributed by atoms with Gasteiger partial charge in [-0.05, 0) is 79.1 Å². The van der Waals surface area contributed by atoms with E-state index in [1.165, 1.54) is 0 Å². The molecule has 5 aliphatic carbocycles. The lowest BCUT2D eigenvalue weighted by Crippen LogP contribution is -2.65. The third kappa shape index (κ3) is 2.85. The van der Waals surface area contributed by atoms with Gasteiger partial charge in [-0.3, -0.25) is 14.4 Å². The van der Waals surface area contributed by atoms with Crippen molar-refractivity contribution in [2.75, 3.05) is 0 Å². The van der Waals surface area contributed by atoms with Crippen LogP contribution in [0.5, 0.6) is 0 Å². The number of carboxylic acid groups (broad SMARTS) is 1. The predicted molar refractivity (Wildman–Crippen MR) is 137 cm³/mol. The number of hydrogen-bond acceptors (Lipinski definition) is 4. The number of carboxylic acids is 1. The van der Waals surface area contributed by atoms with Crippen molar-refractivity contribution in [3.63, 3.8) is 0 Å². The summed E-state index contributed by atoms with van der Waals surface area (Å²) in [4.78, 5) is 40.4. The Bertz CT molecular complexity index is 1270. The van der Waals surface area contributed by atoms with Crippen LogP contribution in [0.3, 0.4) is 0 Å². The van der Waals surface area contributed by atoms with E-state index in [9.17, 15) is 24.8 Å². The maximum Gasteiger partial charge on any atom is 0.309 e. The quantitative estimate of drug-likeness (QED) is 0.463. The molecule has 0 heterocycles. The van der Waals surface area contributed by atoms with Gasteiger partial charge in [-0.2, -0.15) is 5.26 Å². The Morgan fingerprint density at radius 1 is 1.08 bits per heavy atom. The minimum Gasteiger partial charge on any atom is -0.481 e. The second-order valence-corrected chi connectivity index (χ2v) is 14.3. The van der Waals surface area contributed by atoms with Gasteiger partial charge in [-0.15, -0.1) is 0 Å². The second kappa shape index (κ2) is 7.21. The lowest BCUT2D eigenvalue weighted by Gasteiger charge is -2.68. The highest BCUT2D eigenvalue weighted by atomic mass is 16.4. The van der Waals surface area contributed by atoms with Crippen LogP contribution in [0.25, 0.3) is 0 Å². The van der Waals surface area contributed by atoms with Gasteiger partial charge in [0, 0.05) is 19.5 Å². The average molecular weight is 494 g/mol. The van der Waals surface area contributed by atoms with Crippen LogP contribution in [0.15, 0.2) is 23.3 Å². The zero-order valence-corrected chi connectivity index (χ0v) is 22.7. The molecule has 7 atom stereocenters. The van der Waals surface area contributed by atoms with E-state index in [0.717, 1.165) is 18.4 Å². The molecule has 0 saturated heterocycles. The van der Waals surface area contributed by atoms with E-state index in [0.29, 0.717) is 19.3 Å². The average Bonchev–Trinajstić information content (AvgIpc) is 2.79.